The zero-order valence-corrected chi connectivity index (χ0v) is 19.9. The molecule has 0 spiro atoms. The largest absolute Gasteiger partial charge is 0.507 e. The van der Waals surface area contributed by atoms with E-state index in [-0.39, 0.29) is 22.9 Å². The molecule has 3 aromatic rings. The lowest BCUT2D eigenvalue weighted by molar-refractivity contribution is -0.132. The van der Waals surface area contributed by atoms with Crippen LogP contribution >= 0.6 is 11.3 Å². The quantitative estimate of drug-likeness (QED) is 0.271. The highest BCUT2D eigenvalue weighted by atomic mass is 32.1. The molecule has 34 heavy (non-hydrogen) atoms. The number of hydrogen-bond acceptors (Lipinski definition) is 5. The Morgan fingerprint density at radius 1 is 1.15 bits per heavy atom. The van der Waals surface area contributed by atoms with Crippen LogP contribution in [0.5, 0.6) is 5.75 Å². The average Bonchev–Trinajstić information content (AvgIpc) is 3.40. The highest BCUT2D eigenvalue weighted by Gasteiger charge is 2.48. The van der Waals surface area contributed by atoms with Crippen LogP contribution in [0.1, 0.15) is 47.4 Å². The summed E-state index contributed by atoms with van der Waals surface area (Å²) in [5, 5.41) is 13.2. The van der Waals surface area contributed by atoms with Gasteiger partial charge in [-0.05, 0) is 59.7 Å². The van der Waals surface area contributed by atoms with Gasteiger partial charge in [-0.25, -0.2) is 8.78 Å². The van der Waals surface area contributed by atoms with Gasteiger partial charge < -0.3 is 9.84 Å². The van der Waals surface area contributed by atoms with Crippen LogP contribution in [-0.2, 0) is 9.59 Å². The SMILES string of the molecule is COc1cc(C)c(/C(O)=C2\C(=O)C(=O)N(c3ccc(F)cc3F)C2c2cccs2)cc1C(C)C. The van der Waals surface area contributed by atoms with E-state index in [1.54, 1.807) is 43.7 Å². The van der Waals surface area contributed by atoms with Gasteiger partial charge in [-0.15, -0.1) is 11.3 Å². The molecule has 0 bridgehead atoms. The molecule has 0 aliphatic carbocycles. The molecule has 1 unspecified atom stereocenters. The molecule has 1 amide bonds. The summed E-state index contributed by atoms with van der Waals surface area (Å²) in [6.45, 7) is 5.70. The number of aliphatic hydroxyl groups excluding tert-OH is 1. The lowest BCUT2D eigenvalue weighted by Gasteiger charge is -2.25. The van der Waals surface area contributed by atoms with Gasteiger partial charge in [0.05, 0.1) is 18.4 Å². The van der Waals surface area contributed by atoms with E-state index in [1.165, 1.54) is 11.3 Å². The van der Waals surface area contributed by atoms with Crippen molar-refractivity contribution in [3.05, 3.63) is 86.6 Å². The minimum absolute atomic E-state index is 0.0610. The molecular formula is C26H23F2NO4S. The van der Waals surface area contributed by atoms with Crippen LogP contribution in [0.25, 0.3) is 5.76 Å². The fourth-order valence-electron chi connectivity index (χ4n) is 4.20. The molecule has 1 aliphatic rings. The lowest BCUT2D eigenvalue weighted by atomic mass is 9.92. The Kier molecular flexibility index (Phi) is 6.27. The molecule has 1 saturated heterocycles. The summed E-state index contributed by atoms with van der Waals surface area (Å²) in [7, 11) is 1.56. The number of halogens is 2. The number of carbonyl (C=O) groups is 2. The second-order valence-corrected chi connectivity index (χ2v) is 9.32. The number of ether oxygens (including phenoxy) is 1. The Bertz CT molecular complexity index is 1310. The van der Waals surface area contributed by atoms with Crippen LogP contribution in [0.4, 0.5) is 14.5 Å². The molecule has 1 atom stereocenters. The Labute approximate surface area is 199 Å². The maximum atomic E-state index is 14.7. The molecule has 0 saturated carbocycles. The number of aliphatic hydroxyl groups is 1. The van der Waals surface area contributed by atoms with Crippen molar-refractivity contribution in [3.63, 3.8) is 0 Å². The average molecular weight is 484 g/mol. The molecule has 176 valence electrons. The van der Waals surface area contributed by atoms with Crippen molar-refractivity contribution in [1.29, 1.82) is 0 Å². The van der Waals surface area contributed by atoms with E-state index in [2.05, 4.69) is 0 Å². The number of benzene rings is 2. The third-order valence-corrected chi connectivity index (χ3v) is 6.80. The van der Waals surface area contributed by atoms with Gasteiger partial charge >= 0.3 is 0 Å². The van der Waals surface area contributed by atoms with Crippen molar-refractivity contribution in [2.24, 2.45) is 0 Å². The third kappa shape index (κ3) is 3.88. The maximum Gasteiger partial charge on any atom is 0.300 e. The summed E-state index contributed by atoms with van der Waals surface area (Å²) in [6.07, 6.45) is 0. The van der Waals surface area contributed by atoms with Gasteiger partial charge in [0.2, 0.25) is 0 Å². The Balaban J connectivity index is 1.97. The topological polar surface area (TPSA) is 66.8 Å². The molecule has 5 nitrogen and oxygen atoms in total. The van der Waals surface area contributed by atoms with Gasteiger partial charge in [0.25, 0.3) is 11.7 Å². The molecule has 1 aromatic heterocycles. The van der Waals surface area contributed by atoms with E-state index in [0.717, 1.165) is 22.6 Å². The summed E-state index contributed by atoms with van der Waals surface area (Å²) in [4.78, 5) is 27.9. The summed E-state index contributed by atoms with van der Waals surface area (Å²) < 4.78 is 33.7. The number of nitrogens with zero attached hydrogens (tertiary/aromatic N) is 1. The molecule has 4 rings (SSSR count). The van der Waals surface area contributed by atoms with E-state index in [1.807, 2.05) is 13.8 Å². The molecule has 1 fully saturated rings. The molecule has 2 heterocycles. The van der Waals surface area contributed by atoms with Crippen molar-refractivity contribution >= 4 is 34.5 Å². The highest BCUT2D eigenvalue weighted by Crippen LogP contribution is 2.45. The van der Waals surface area contributed by atoms with E-state index < -0.39 is 29.4 Å². The van der Waals surface area contributed by atoms with Crippen LogP contribution in [0.2, 0.25) is 0 Å². The number of hydrogen-bond donors (Lipinski definition) is 1. The first-order chi connectivity index (χ1) is 16.1. The van der Waals surface area contributed by atoms with Gasteiger partial charge in [-0.3, -0.25) is 14.5 Å². The van der Waals surface area contributed by atoms with Crippen molar-refractivity contribution in [2.75, 3.05) is 12.0 Å². The predicted molar refractivity (Wildman–Crippen MR) is 127 cm³/mol. The molecule has 2 aromatic carbocycles. The standard InChI is InChI=1S/C26H23F2NO4S/c1-13(2)16-12-17(14(3)10-20(16)33-4)24(30)22-23(21-6-5-9-34-21)29(26(32)25(22)31)19-8-7-15(27)11-18(19)28/h5-13,23,30H,1-4H3/b24-22+. The molecule has 1 N–H and O–H groups in total. The van der Waals surface area contributed by atoms with Crippen molar-refractivity contribution < 1.29 is 28.2 Å². The number of amides is 1. The van der Waals surface area contributed by atoms with Gasteiger partial charge in [-0.1, -0.05) is 19.9 Å². The summed E-state index contributed by atoms with van der Waals surface area (Å²) in [5.41, 5.74) is 1.45. The second kappa shape index (κ2) is 9.02. The van der Waals surface area contributed by atoms with Crippen LogP contribution in [-0.4, -0.2) is 23.9 Å². The summed E-state index contributed by atoms with van der Waals surface area (Å²) in [5.74, 6) is -3.38. The second-order valence-electron chi connectivity index (χ2n) is 8.34. The first kappa shape index (κ1) is 23.6. The number of thiophene rings is 1. The summed E-state index contributed by atoms with van der Waals surface area (Å²) in [6, 6.07) is 8.66. The Hall–Kier alpha value is -3.52. The normalized spacial score (nSPS) is 17.6. The van der Waals surface area contributed by atoms with Gasteiger partial charge in [0, 0.05) is 16.5 Å². The first-order valence-electron chi connectivity index (χ1n) is 10.6. The van der Waals surface area contributed by atoms with E-state index in [0.29, 0.717) is 27.8 Å². The summed E-state index contributed by atoms with van der Waals surface area (Å²) >= 11 is 1.26. The van der Waals surface area contributed by atoms with Gasteiger partial charge in [-0.2, -0.15) is 0 Å². The molecule has 1 aliphatic heterocycles. The Morgan fingerprint density at radius 2 is 1.88 bits per heavy atom. The number of Topliss-reactive ketones (excluding diaryl/α,β-unsaturated/α-hetero) is 1. The fourth-order valence-corrected chi connectivity index (χ4v) is 5.02. The van der Waals surface area contributed by atoms with Crippen LogP contribution in [0.15, 0.2) is 53.4 Å². The zero-order chi connectivity index (χ0) is 24.7. The van der Waals surface area contributed by atoms with E-state index >= 15 is 0 Å². The van der Waals surface area contributed by atoms with Crippen LogP contribution in [0, 0.1) is 18.6 Å². The number of anilines is 1. The van der Waals surface area contributed by atoms with E-state index in [4.69, 9.17) is 4.74 Å². The molecule has 0 radical (unpaired) electrons. The molecular weight excluding hydrogens is 460 g/mol. The van der Waals surface area contributed by atoms with Crippen molar-refractivity contribution in [2.45, 2.75) is 32.7 Å². The van der Waals surface area contributed by atoms with Crippen molar-refractivity contribution in [3.8, 4) is 5.75 Å². The molecule has 8 heteroatoms. The van der Waals surface area contributed by atoms with Crippen LogP contribution in [0.3, 0.4) is 0 Å². The monoisotopic (exact) mass is 483 g/mol. The number of aryl methyl sites for hydroxylation is 1. The maximum absolute atomic E-state index is 14.7. The van der Waals surface area contributed by atoms with Crippen LogP contribution < -0.4 is 9.64 Å². The Morgan fingerprint density at radius 3 is 2.47 bits per heavy atom. The number of carbonyl (C=O) groups excluding carboxylic acids is 2. The smallest absolute Gasteiger partial charge is 0.300 e. The van der Waals surface area contributed by atoms with Crippen molar-refractivity contribution in [1.82, 2.24) is 0 Å². The number of rotatable bonds is 5. The third-order valence-electron chi connectivity index (χ3n) is 5.88. The zero-order valence-electron chi connectivity index (χ0n) is 19.1. The lowest BCUT2D eigenvalue weighted by Crippen LogP contribution is -2.30. The van der Waals surface area contributed by atoms with Gasteiger partial charge in [0.15, 0.2) is 0 Å². The predicted octanol–water partition coefficient (Wildman–Crippen LogP) is 6.09. The minimum atomic E-state index is -1.07. The van der Waals surface area contributed by atoms with E-state index in [9.17, 15) is 23.5 Å². The number of methoxy groups -OCH3 is 1. The highest BCUT2D eigenvalue weighted by molar-refractivity contribution is 7.10. The number of ketones is 1. The van der Waals surface area contributed by atoms with Gasteiger partial charge in [0.1, 0.15) is 29.2 Å². The first-order valence-corrected chi connectivity index (χ1v) is 11.5. The fraction of sp³-hybridized carbons (Fsp3) is 0.231. The minimum Gasteiger partial charge on any atom is -0.507 e.